The molecule has 0 aromatic heterocycles. The van der Waals surface area contributed by atoms with E-state index < -0.39 is 0 Å². The minimum absolute atomic E-state index is 0.979. The Morgan fingerprint density at radius 3 is 2.25 bits per heavy atom. The van der Waals surface area contributed by atoms with Gasteiger partial charge < -0.3 is 0 Å². The van der Waals surface area contributed by atoms with Crippen LogP contribution < -0.4 is 0 Å². The van der Waals surface area contributed by atoms with Gasteiger partial charge in [-0.1, -0.05) is 13.0 Å². The first-order valence-corrected chi connectivity index (χ1v) is 4.70. The summed E-state index contributed by atoms with van der Waals surface area (Å²) >= 11 is 0. The molecule has 0 N–H and O–H groups in total. The Morgan fingerprint density at radius 2 is 1.83 bits per heavy atom. The van der Waals surface area contributed by atoms with E-state index in [9.17, 15) is 0 Å². The van der Waals surface area contributed by atoms with Gasteiger partial charge in [0.1, 0.15) is 0 Å². The lowest BCUT2D eigenvalue weighted by Gasteiger charge is -2.12. The Hall–Kier alpha value is -0.790. The van der Waals surface area contributed by atoms with Crippen molar-refractivity contribution in [2.75, 3.05) is 13.1 Å². The van der Waals surface area contributed by atoms with E-state index in [1.165, 1.54) is 5.57 Å². The second kappa shape index (κ2) is 6.89. The zero-order chi connectivity index (χ0) is 9.40. The number of allylic oxidation sites excluding steroid dienone is 2. The molecule has 2 nitrogen and oxygen atoms in total. The van der Waals surface area contributed by atoms with Crippen LogP contribution in [0.15, 0.2) is 16.8 Å². The quantitative estimate of drug-likeness (QED) is 0.455. The summed E-state index contributed by atoms with van der Waals surface area (Å²) in [4.78, 5) is 0. The molecule has 2 heteroatoms. The number of nitrogens with zero attached hydrogens (tertiary/aromatic N) is 2. The molecule has 0 saturated heterocycles. The van der Waals surface area contributed by atoms with Crippen molar-refractivity contribution in [3.8, 4) is 0 Å². The van der Waals surface area contributed by atoms with Gasteiger partial charge in [-0.15, -0.1) is 0 Å². The maximum Gasteiger partial charge on any atom is 0.0496 e. The Labute approximate surface area is 76.0 Å². The van der Waals surface area contributed by atoms with E-state index in [-0.39, 0.29) is 0 Å². The summed E-state index contributed by atoms with van der Waals surface area (Å²) in [6, 6.07) is 0. The predicted octanol–water partition coefficient (Wildman–Crippen LogP) is 2.67. The third-order valence-corrected chi connectivity index (χ3v) is 1.68. The van der Waals surface area contributed by atoms with Gasteiger partial charge in [-0.3, -0.25) is 5.01 Å². The number of hydrogen-bond donors (Lipinski definition) is 0. The smallest absolute Gasteiger partial charge is 0.0496 e. The van der Waals surface area contributed by atoms with Gasteiger partial charge in [0, 0.05) is 19.3 Å². The van der Waals surface area contributed by atoms with Crippen LogP contribution in [0.3, 0.4) is 0 Å². The summed E-state index contributed by atoms with van der Waals surface area (Å²) in [5.41, 5.74) is 1.24. The number of rotatable bonds is 5. The molecule has 0 spiro atoms. The van der Waals surface area contributed by atoms with Crippen molar-refractivity contribution in [1.29, 1.82) is 0 Å². The van der Waals surface area contributed by atoms with Crippen molar-refractivity contribution in [3.05, 3.63) is 11.6 Å². The van der Waals surface area contributed by atoms with Gasteiger partial charge in [-0.25, -0.2) is 0 Å². The van der Waals surface area contributed by atoms with Crippen molar-refractivity contribution in [3.63, 3.8) is 0 Å². The van der Waals surface area contributed by atoms with E-state index in [1.807, 2.05) is 11.2 Å². The van der Waals surface area contributed by atoms with E-state index in [0.717, 1.165) is 19.5 Å². The normalized spacial score (nSPS) is 12.5. The molecule has 70 valence electrons. The maximum absolute atomic E-state index is 4.32. The predicted molar refractivity (Wildman–Crippen MR) is 55.5 cm³/mol. The molecule has 0 amide bonds. The maximum atomic E-state index is 4.32. The van der Waals surface area contributed by atoms with E-state index in [1.54, 1.807) is 0 Å². The summed E-state index contributed by atoms with van der Waals surface area (Å²) in [5.74, 6) is 0. The van der Waals surface area contributed by atoms with Gasteiger partial charge in [0.05, 0.1) is 0 Å². The van der Waals surface area contributed by atoms with Crippen LogP contribution in [0.1, 0.15) is 34.1 Å². The van der Waals surface area contributed by atoms with Crippen LogP contribution in [0.5, 0.6) is 0 Å². The summed E-state index contributed by atoms with van der Waals surface area (Å²) in [7, 11) is 0. The van der Waals surface area contributed by atoms with Crippen LogP contribution in [0, 0.1) is 0 Å². The molecule has 0 aromatic rings. The van der Waals surface area contributed by atoms with E-state index in [2.05, 4.69) is 38.9 Å². The van der Waals surface area contributed by atoms with Crippen molar-refractivity contribution < 1.29 is 0 Å². The fraction of sp³-hybridized carbons (Fsp3) is 0.700. The SMILES string of the molecule is CC/C=C(C)/C=N/N(CC)CC. The first-order chi connectivity index (χ1) is 5.74. The summed E-state index contributed by atoms with van der Waals surface area (Å²) in [6.07, 6.45) is 5.18. The summed E-state index contributed by atoms with van der Waals surface area (Å²) in [6.45, 7) is 10.4. The highest BCUT2D eigenvalue weighted by molar-refractivity contribution is 5.77. The number of hydrazone groups is 1. The van der Waals surface area contributed by atoms with E-state index in [0.29, 0.717) is 0 Å². The Kier molecular flexibility index (Phi) is 6.44. The zero-order valence-corrected chi connectivity index (χ0v) is 8.67. The summed E-state index contributed by atoms with van der Waals surface area (Å²) < 4.78 is 0. The van der Waals surface area contributed by atoms with Crippen LogP contribution in [-0.2, 0) is 0 Å². The summed E-state index contributed by atoms with van der Waals surface area (Å²) in [5, 5.41) is 6.35. The van der Waals surface area contributed by atoms with Crippen molar-refractivity contribution in [1.82, 2.24) is 5.01 Å². The molecule has 0 rings (SSSR count). The topological polar surface area (TPSA) is 15.6 Å². The van der Waals surface area contributed by atoms with Gasteiger partial charge in [0.25, 0.3) is 0 Å². The highest BCUT2D eigenvalue weighted by atomic mass is 15.4. The van der Waals surface area contributed by atoms with Crippen LogP contribution in [-0.4, -0.2) is 24.3 Å². The lowest BCUT2D eigenvalue weighted by atomic mass is 10.3. The fourth-order valence-corrected chi connectivity index (χ4v) is 0.934. The average Bonchev–Trinajstić information content (AvgIpc) is 2.07. The highest BCUT2D eigenvalue weighted by Crippen LogP contribution is 1.93. The molecule has 0 aliphatic carbocycles. The molecule has 0 bridgehead atoms. The van der Waals surface area contributed by atoms with Crippen molar-refractivity contribution >= 4 is 6.21 Å². The minimum Gasteiger partial charge on any atom is -0.298 e. The first kappa shape index (κ1) is 11.2. The van der Waals surface area contributed by atoms with E-state index >= 15 is 0 Å². The van der Waals surface area contributed by atoms with Gasteiger partial charge in [-0.2, -0.15) is 5.10 Å². The lowest BCUT2D eigenvalue weighted by molar-refractivity contribution is 0.323. The molecule has 12 heavy (non-hydrogen) atoms. The Bertz CT molecular complexity index is 155. The van der Waals surface area contributed by atoms with Crippen LogP contribution in [0.25, 0.3) is 0 Å². The second-order valence-corrected chi connectivity index (χ2v) is 2.74. The van der Waals surface area contributed by atoms with Crippen molar-refractivity contribution in [2.24, 2.45) is 5.10 Å². The molecule has 0 saturated carbocycles. The Morgan fingerprint density at radius 1 is 1.25 bits per heavy atom. The molecular formula is C10H20N2. The van der Waals surface area contributed by atoms with Crippen molar-refractivity contribution in [2.45, 2.75) is 34.1 Å². The van der Waals surface area contributed by atoms with Gasteiger partial charge in [0.2, 0.25) is 0 Å². The standard InChI is InChI=1S/C10H20N2/c1-5-8-10(4)9-11-12(6-2)7-3/h8-9H,5-7H2,1-4H3/b10-8+,11-9+. The van der Waals surface area contributed by atoms with Gasteiger partial charge in [-0.05, 0) is 32.8 Å². The van der Waals surface area contributed by atoms with Crippen LogP contribution in [0.4, 0.5) is 0 Å². The van der Waals surface area contributed by atoms with Gasteiger partial charge >= 0.3 is 0 Å². The van der Waals surface area contributed by atoms with Crippen LogP contribution >= 0.6 is 0 Å². The van der Waals surface area contributed by atoms with E-state index in [4.69, 9.17) is 0 Å². The molecule has 0 fully saturated rings. The molecule has 0 radical (unpaired) electrons. The molecular weight excluding hydrogens is 148 g/mol. The van der Waals surface area contributed by atoms with Crippen LogP contribution in [0.2, 0.25) is 0 Å². The Balaban J connectivity index is 3.94. The molecule has 0 aromatic carbocycles. The third kappa shape index (κ3) is 4.94. The van der Waals surface area contributed by atoms with Gasteiger partial charge in [0.15, 0.2) is 0 Å². The molecule has 0 atom stereocenters. The molecule has 0 heterocycles. The number of hydrogen-bond acceptors (Lipinski definition) is 2. The molecule has 0 aliphatic heterocycles. The molecule has 0 unspecified atom stereocenters. The fourth-order valence-electron chi connectivity index (χ4n) is 0.934. The third-order valence-electron chi connectivity index (χ3n) is 1.68. The zero-order valence-electron chi connectivity index (χ0n) is 8.67. The molecule has 0 aliphatic rings. The monoisotopic (exact) mass is 168 g/mol. The average molecular weight is 168 g/mol. The lowest BCUT2D eigenvalue weighted by Crippen LogP contribution is -2.15. The first-order valence-electron chi connectivity index (χ1n) is 4.70. The highest BCUT2D eigenvalue weighted by Gasteiger charge is 1.89. The second-order valence-electron chi connectivity index (χ2n) is 2.74. The minimum atomic E-state index is 0.979. The largest absolute Gasteiger partial charge is 0.298 e.